The number of halogens is 7. The molecule has 1 aliphatic rings. The van der Waals surface area contributed by atoms with Gasteiger partial charge in [-0.05, 0) is 23.8 Å². The summed E-state index contributed by atoms with van der Waals surface area (Å²) in [5.41, 5.74) is 4.82. The van der Waals surface area contributed by atoms with Gasteiger partial charge in [-0.25, -0.2) is 26.5 Å². The Balaban J connectivity index is 2.21. The molecule has 2 aromatic rings. The van der Waals surface area contributed by atoms with Crippen LogP contribution in [0.1, 0.15) is 22.4 Å². The molecule has 1 heterocycles. The smallest absolute Gasteiger partial charge is 0.310 e. The molecule has 0 spiro atoms. The molecule has 2 atom stereocenters. The van der Waals surface area contributed by atoms with Crippen molar-refractivity contribution in [3.05, 3.63) is 65.2 Å². The van der Waals surface area contributed by atoms with Crippen LogP contribution in [0, 0.1) is 11.6 Å². The third kappa shape index (κ3) is 3.93. The zero-order valence-electron chi connectivity index (χ0n) is 14.9. The first-order chi connectivity index (χ1) is 13.4. The van der Waals surface area contributed by atoms with Gasteiger partial charge in [-0.15, -0.1) is 0 Å². The predicted molar refractivity (Wildman–Crippen MR) is 98.0 cm³/mol. The highest BCUT2D eigenvalue weighted by molar-refractivity contribution is 8.45. The van der Waals surface area contributed by atoms with E-state index in [1.165, 1.54) is 0 Å². The number of nitrogens with zero attached hydrogens (tertiary/aromatic N) is 2. The fourth-order valence-electron chi connectivity index (χ4n) is 3.00. The van der Waals surface area contributed by atoms with Crippen LogP contribution in [-0.2, 0) is 10.0 Å². The number of guanidine groups is 1. The van der Waals surface area contributed by atoms with Crippen LogP contribution in [0.15, 0.2) is 52.4 Å². The lowest BCUT2D eigenvalue weighted by atomic mass is 9.98. The molecule has 0 amide bonds. The molecule has 0 radical (unpaired) electrons. The number of aliphatic imine (C=N–C) groups is 1. The Labute approximate surface area is 166 Å². The lowest BCUT2D eigenvalue weighted by molar-refractivity contribution is 0.364. The summed E-state index contributed by atoms with van der Waals surface area (Å²) >= 11 is 0. The first-order valence-corrected chi connectivity index (χ1v) is 11.5. The van der Waals surface area contributed by atoms with Crippen molar-refractivity contribution < 1.29 is 36.6 Å². The average Bonchev–Trinajstić information content (AvgIpc) is 2.58. The lowest BCUT2D eigenvalue weighted by Gasteiger charge is -2.40. The van der Waals surface area contributed by atoms with Crippen molar-refractivity contribution in [3.8, 4) is 0 Å². The molecule has 3 rings (SSSR count). The molecule has 0 bridgehead atoms. The maximum Gasteiger partial charge on any atom is 0.310 e. The Bertz CT molecular complexity index is 1150. The van der Waals surface area contributed by atoms with Crippen LogP contribution in [-0.4, -0.2) is 25.7 Å². The fraction of sp³-hybridized carbons (Fsp3) is 0.188. The summed E-state index contributed by atoms with van der Waals surface area (Å²) in [7, 11) is -13.4. The summed E-state index contributed by atoms with van der Waals surface area (Å²) in [6, 6.07) is 1.83. The highest BCUT2D eigenvalue weighted by atomic mass is 32.5. The van der Waals surface area contributed by atoms with Gasteiger partial charge in [-0.2, -0.15) is 0 Å². The van der Waals surface area contributed by atoms with Gasteiger partial charge >= 0.3 is 10.2 Å². The second-order valence-corrected chi connectivity index (χ2v) is 11.1. The average molecular weight is 477 g/mol. The second-order valence-electron chi connectivity index (χ2n) is 6.57. The molecule has 0 saturated carbocycles. The molecular weight excluding hydrogens is 463 g/mol. The topological polar surface area (TPSA) is 75.8 Å². The minimum Gasteiger partial charge on any atom is -0.369 e. The van der Waals surface area contributed by atoms with Crippen LogP contribution in [0.2, 0.25) is 0 Å². The molecule has 0 saturated heterocycles. The molecule has 2 aromatic carbocycles. The summed E-state index contributed by atoms with van der Waals surface area (Å²) in [5.74, 6) is -2.66. The van der Waals surface area contributed by atoms with Gasteiger partial charge in [0.05, 0.1) is 0 Å². The standard InChI is InChI=1S/C16H14F7N3O2S2/c1-26-16(24)25-14(12-7-4-10(17)8-13(12)18)15(29(26,27)28)9-2-5-11(6-3-9)30(19,20,21,22)23/h2-8,14-15H,1H3,(H2,24,25)/t14-,15+/m1/s1. The maximum atomic E-state index is 14.3. The Morgan fingerprint density at radius 1 is 1.00 bits per heavy atom. The van der Waals surface area contributed by atoms with Gasteiger partial charge in [0.1, 0.15) is 27.8 Å². The van der Waals surface area contributed by atoms with Crippen LogP contribution in [0.4, 0.5) is 28.2 Å². The van der Waals surface area contributed by atoms with Crippen LogP contribution in [0.5, 0.6) is 0 Å². The Morgan fingerprint density at radius 2 is 1.57 bits per heavy atom. The molecule has 0 unspecified atom stereocenters. The molecule has 0 aromatic heterocycles. The highest BCUT2D eigenvalue weighted by Crippen LogP contribution is 3.02. The third-order valence-electron chi connectivity index (χ3n) is 4.52. The fourth-order valence-corrected chi connectivity index (χ4v) is 5.33. The van der Waals surface area contributed by atoms with Gasteiger partial charge in [-0.1, -0.05) is 37.6 Å². The van der Waals surface area contributed by atoms with Gasteiger partial charge < -0.3 is 5.73 Å². The van der Waals surface area contributed by atoms with E-state index in [2.05, 4.69) is 4.99 Å². The lowest BCUT2D eigenvalue weighted by Crippen LogP contribution is -2.46. The predicted octanol–water partition coefficient (Wildman–Crippen LogP) is 4.99. The first kappa shape index (κ1) is 22.2. The SMILES string of the molecule is CN1C(N)=N[C@H](c2ccc(F)cc2F)[C@H](c2ccc(S(F)(F)(F)(F)F)cc2)S1(=O)=O. The summed E-state index contributed by atoms with van der Waals surface area (Å²) in [6.07, 6.45) is 0. The number of sulfonamides is 1. The molecule has 166 valence electrons. The maximum absolute atomic E-state index is 14.3. The van der Waals surface area contributed by atoms with Gasteiger partial charge in [0.15, 0.2) is 0 Å². The zero-order chi connectivity index (χ0) is 22.8. The van der Waals surface area contributed by atoms with Crippen molar-refractivity contribution in [3.63, 3.8) is 0 Å². The van der Waals surface area contributed by atoms with E-state index >= 15 is 0 Å². The number of hydrogen-bond donors (Lipinski definition) is 1. The minimum atomic E-state index is -9.99. The van der Waals surface area contributed by atoms with E-state index < -0.39 is 59.6 Å². The summed E-state index contributed by atoms with van der Waals surface area (Å²) in [6.45, 7) is 0. The molecule has 5 nitrogen and oxygen atoms in total. The largest absolute Gasteiger partial charge is 0.369 e. The molecule has 0 fully saturated rings. The molecule has 30 heavy (non-hydrogen) atoms. The van der Waals surface area contributed by atoms with Crippen molar-refractivity contribution in [1.29, 1.82) is 0 Å². The van der Waals surface area contributed by atoms with E-state index in [-0.39, 0.29) is 17.7 Å². The van der Waals surface area contributed by atoms with Crippen molar-refractivity contribution in [2.24, 2.45) is 10.7 Å². The Hall–Kier alpha value is -2.48. The van der Waals surface area contributed by atoms with Crippen LogP contribution < -0.4 is 5.73 Å². The number of nitrogens with two attached hydrogens (primary N) is 1. The van der Waals surface area contributed by atoms with Crippen molar-refractivity contribution in [2.75, 3.05) is 7.05 Å². The first-order valence-electron chi connectivity index (χ1n) is 8.02. The van der Waals surface area contributed by atoms with E-state index in [0.29, 0.717) is 22.5 Å². The van der Waals surface area contributed by atoms with E-state index in [9.17, 15) is 36.6 Å². The van der Waals surface area contributed by atoms with Crippen molar-refractivity contribution in [1.82, 2.24) is 4.31 Å². The number of rotatable bonds is 3. The van der Waals surface area contributed by atoms with E-state index in [1.807, 2.05) is 0 Å². The summed E-state index contributed by atoms with van der Waals surface area (Å²) in [5, 5.41) is -1.80. The normalized spacial score (nSPS) is 24.0. The molecule has 14 heteroatoms. The highest BCUT2D eigenvalue weighted by Gasteiger charge is 2.65. The number of benzene rings is 2. The molecule has 1 aliphatic heterocycles. The zero-order valence-corrected chi connectivity index (χ0v) is 16.6. The second kappa shape index (κ2) is 6.03. The minimum absolute atomic E-state index is 0.0478. The Kier molecular flexibility index (Phi) is 4.46. The van der Waals surface area contributed by atoms with Crippen LogP contribution >= 0.6 is 10.2 Å². The summed E-state index contributed by atoms with van der Waals surface area (Å²) < 4.78 is 119. The quantitative estimate of drug-likeness (QED) is 0.633. The van der Waals surface area contributed by atoms with Gasteiger partial charge in [-0.3, -0.25) is 0 Å². The van der Waals surface area contributed by atoms with E-state index in [4.69, 9.17) is 5.73 Å². The van der Waals surface area contributed by atoms with Gasteiger partial charge in [0.25, 0.3) is 0 Å². The van der Waals surface area contributed by atoms with Gasteiger partial charge in [0, 0.05) is 18.7 Å². The third-order valence-corrected chi connectivity index (χ3v) is 7.80. The van der Waals surface area contributed by atoms with Crippen LogP contribution in [0.3, 0.4) is 0 Å². The van der Waals surface area contributed by atoms with Crippen molar-refractivity contribution in [2.45, 2.75) is 16.2 Å². The van der Waals surface area contributed by atoms with E-state index in [1.54, 1.807) is 0 Å². The molecule has 0 aliphatic carbocycles. The van der Waals surface area contributed by atoms with Crippen LogP contribution in [0.25, 0.3) is 0 Å². The van der Waals surface area contributed by atoms with E-state index in [0.717, 1.165) is 19.2 Å². The molecule has 2 N–H and O–H groups in total. The van der Waals surface area contributed by atoms with Crippen molar-refractivity contribution >= 4 is 26.2 Å². The monoisotopic (exact) mass is 477 g/mol. The summed E-state index contributed by atoms with van der Waals surface area (Å²) in [4.78, 5) is 1.68. The van der Waals surface area contributed by atoms with Gasteiger partial charge in [0.2, 0.25) is 16.0 Å². The Morgan fingerprint density at radius 3 is 2.07 bits per heavy atom. The number of hydrogen-bond acceptors (Lipinski definition) is 4. The molecular formula is C16H14F7N3O2S2.